The summed E-state index contributed by atoms with van der Waals surface area (Å²) >= 11 is -4.10. The molecule has 0 fully saturated rings. The number of allylic oxidation sites excluding steroid dienone is 8. The zero-order valence-corrected chi connectivity index (χ0v) is 22.7. The Labute approximate surface area is 170 Å². The summed E-state index contributed by atoms with van der Waals surface area (Å²) in [7, 11) is 15.8. The molecule has 0 N–H and O–H groups in total. The maximum absolute atomic E-state index is 7.89. The van der Waals surface area contributed by atoms with Crippen molar-refractivity contribution in [2.75, 3.05) is 0 Å². The molecule has 0 nitrogen and oxygen atoms in total. The molecule has 2 unspecified atom stereocenters. The summed E-state index contributed by atoms with van der Waals surface area (Å²) in [5, 5.41) is 0. The second kappa shape index (κ2) is 8.98. The molecular formula is C22H37Cl2SiZr. The van der Waals surface area contributed by atoms with Crippen LogP contribution in [0, 0.1) is 0 Å². The molecule has 2 aliphatic rings. The van der Waals surface area contributed by atoms with Gasteiger partial charge >= 0.3 is 172 Å². The quantitative estimate of drug-likeness (QED) is 0.283. The summed E-state index contributed by atoms with van der Waals surface area (Å²) in [5.74, 6) is -1.25. The zero-order chi connectivity index (χ0) is 19.6. The fraction of sp³-hybridized carbons (Fsp3) is 0.636. The van der Waals surface area contributed by atoms with Crippen molar-refractivity contribution in [1.82, 2.24) is 0 Å². The maximum atomic E-state index is 7.89. The monoisotopic (exact) mass is 489 g/mol. The summed E-state index contributed by atoms with van der Waals surface area (Å²) < 4.78 is 0.685. The van der Waals surface area contributed by atoms with Gasteiger partial charge in [-0.2, -0.15) is 0 Å². The average Bonchev–Trinajstić information content (AvgIpc) is 3.20. The SMILES string of the molecule is CCCC1=C[CH]([Zr]([Cl])([Cl])([CH]2C=C(CCC)C=C2CC)[SiH](C)C)C(CC)=C1. The summed E-state index contributed by atoms with van der Waals surface area (Å²) in [6.45, 7) is 13.9. The fourth-order valence-electron chi connectivity index (χ4n) is 4.87. The van der Waals surface area contributed by atoms with E-state index < -0.39 is 21.5 Å². The summed E-state index contributed by atoms with van der Waals surface area (Å²) in [4.78, 5) is 0. The molecule has 0 saturated carbocycles. The van der Waals surface area contributed by atoms with Gasteiger partial charge in [-0.1, -0.05) is 0 Å². The van der Waals surface area contributed by atoms with Crippen LogP contribution in [0.25, 0.3) is 0 Å². The Kier molecular flexibility index (Phi) is 7.92. The molecule has 0 amide bonds. The first-order chi connectivity index (χ1) is 12.2. The molecular weight excluding hydrogens is 454 g/mol. The molecule has 0 aromatic heterocycles. The van der Waals surface area contributed by atoms with Crippen molar-refractivity contribution >= 4 is 22.9 Å². The van der Waals surface area contributed by atoms with Gasteiger partial charge < -0.3 is 0 Å². The van der Waals surface area contributed by atoms with Crippen molar-refractivity contribution < 1.29 is 15.6 Å². The molecule has 26 heavy (non-hydrogen) atoms. The van der Waals surface area contributed by atoms with Crippen LogP contribution in [0.5, 0.6) is 0 Å². The van der Waals surface area contributed by atoms with E-state index in [0.29, 0.717) is 7.25 Å². The van der Waals surface area contributed by atoms with Crippen molar-refractivity contribution in [1.29, 1.82) is 0 Å². The third kappa shape index (κ3) is 4.00. The Morgan fingerprint density at radius 3 is 1.46 bits per heavy atom. The van der Waals surface area contributed by atoms with E-state index in [4.69, 9.17) is 17.0 Å². The molecule has 4 heteroatoms. The Morgan fingerprint density at radius 2 is 1.19 bits per heavy atom. The van der Waals surface area contributed by atoms with Gasteiger partial charge in [-0.3, -0.25) is 0 Å². The summed E-state index contributed by atoms with van der Waals surface area (Å²) in [6.07, 6.45) is 16.7. The van der Waals surface area contributed by atoms with Crippen LogP contribution in [-0.2, 0) is 15.6 Å². The van der Waals surface area contributed by atoms with Gasteiger partial charge in [-0.15, -0.1) is 0 Å². The Balaban J connectivity index is 2.58. The van der Waals surface area contributed by atoms with Crippen LogP contribution in [-0.4, -0.2) is 5.92 Å². The molecule has 0 aliphatic heterocycles. The number of hydrogen-bond acceptors (Lipinski definition) is 0. The second-order valence-corrected chi connectivity index (χ2v) is 51.2. The van der Waals surface area contributed by atoms with Crippen LogP contribution < -0.4 is 0 Å². The molecule has 0 aromatic rings. The van der Waals surface area contributed by atoms with E-state index in [1.165, 1.54) is 35.1 Å². The van der Waals surface area contributed by atoms with Gasteiger partial charge in [0.05, 0.1) is 0 Å². The van der Waals surface area contributed by atoms with Crippen LogP contribution in [0.2, 0.25) is 20.3 Å². The molecule has 2 atom stereocenters. The standard InChI is InChI=1S/2C10H15.C2H7Si.2ClH.Zr/c2*1-3-5-10-7-6-9(4-2)8-10;1-3-2;;;/h2*6-8H,3-5H2,1-2H3;3H,1-2H3;2*1H;/q;;;;;+2/p-2. The van der Waals surface area contributed by atoms with Crippen LogP contribution in [0.15, 0.2) is 46.6 Å². The van der Waals surface area contributed by atoms with Gasteiger partial charge in [0.2, 0.25) is 0 Å². The van der Waals surface area contributed by atoms with Crippen molar-refractivity contribution in [3.05, 3.63) is 46.6 Å². The van der Waals surface area contributed by atoms with Crippen molar-refractivity contribution in [3.63, 3.8) is 0 Å². The van der Waals surface area contributed by atoms with Crippen LogP contribution in [0.1, 0.15) is 66.2 Å². The molecule has 0 radical (unpaired) electrons. The van der Waals surface area contributed by atoms with Crippen molar-refractivity contribution in [3.8, 4) is 0 Å². The molecule has 147 valence electrons. The fourth-order valence-corrected chi connectivity index (χ4v) is 33.8. The third-order valence-electron chi connectivity index (χ3n) is 6.49. The van der Waals surface area contributed by atoms with Gasteiger partial charge in [-0.05, 0) is 0 Å². The predicted octanol–water partition coefficient (Wildman–Crippen LogP) is 8.70. The predicted molar refractivity (Wildman–Crippen MR) is 121 cm³/mol. The van der Waals surface area contributed by atoms with Gasteiger partial charge in [0.15, 0.2) is 0 Å². The molecule has 0 saturated heterocycles. The normalized spacial score (nSPS) is 24.9. The Hall–Kier alpha value is 0.640. The van der Waals surface area contributed by atoms with E-state index in [2.05, 4.69) is 65.1 Å². The number of rotatable bonds is 9. The van der Waals surface area contributed by atoms with Crippen molar-refractivity contribution in [2.45, 2.75) is 86.6 Å². The first-order valence-electron chi connectivity index (χ1n) is 10.6. The van der Waals surface area contributed by atoms with E-state index in [-0.39, 0.29) is 0 Å². The third-order valence-corrected chi connectivity index (χ3v) is 58.8. The molecule has 0 heterocycles. The molecule has 0 aromatic carbocycles. The topological polar surface area (TPSA) is 0 Å². The first-order valence-corrected chi connectivity index (χ1v) is 26.9. The van der Waals surface area contributed by atoms with E-state index in [1.54, 1.807) is 0 Å². The number of halogens is 2. The van der Waals surface area contributed by atoms with E-state index in [0.717, 1.165) is 25.7 Å². The van der Waals surface area contributed by atoms with Gasteiger partial charge in [-0.25, -0.2) is 0 Å². The van der Waals surface area contributed by atoms with Crippen LogP contribution in [0.3, 0.4) is 0 Å². The van der Waals surface area contributed by atoms with Gasteiger partial charge in [0.25, 0.3) is 0 Å². The van der Waals surface area contributed by atoms with E-state index >= 15 is 0 Å². The number of hydrogen-bond donors (Lipinski definition) is 0. The zero-order valence-electron chi connectivity index (χ0n) is 17.5. The minimum atomic E-state index is -4.10. The van der Waals surface area contributed by atoms with Crippen LogP contribution in [0.4, 0.5) is 0 Å². The van der Waals surface area contributed by atoms with E-state index in [9.17, 15) is 0 Å². The second-order valence-electron chi connectivity index (χ2n) is 8.46. The van der Waals surface area contributed by atoms with Crippen LogP contribution >= 0.6 is 17.0 Å². The molecule has 0 bridgehead atoms. The van der Waals surface area contributed by atoms with E-state index in [1.807, 2.05) is 0 Å². The summed E-state index contributed by atoms with van der Waals surface area (Å²) in [6, 6.07) is 0. The molecule has 0 spiro atoms. The molecule has 2 aliphatic carbocycles. The Morgan fingerprint density at radius 1 is 0.808 bits per heavy atom. The minimum absolute atomic E-state index is 0.343. The molecule has 2 rings (SSSR count). The summed E-state index contributed by atoms with van der Waals surface area (Å²) in [5.41, 5.74) is 5.98. The Bertz CT molecular complexity index is 605. The van der Waals surface area contributed by atoms with Gasteiger partial charge in [0, 0.05) is 0 Å². The average molecular weight is 492 g/mol. The van der Waals surface area contributed by atoms with Gasteiger partial charge in [0.1, 0.15) is 0 Å². The first kappa shape index (κ1) is 22.9. The van der Waals surface area contributed by atoms with Crippen molar-refractivity contribution in [2.24, 2.45) is 0 Å².